The molecule has 30 heavy (non-hydrogen) atoms. The molecule has 0 bridgehead atoms. The molecule has 1 aliphatic heterocycles. The predicted octanol–water partition coefficient (Wildman–Crippen LogP) is 3.84. The zero-order chi connectivity index (χ0) is 21.3. The van der Waals surface area contributed by atoms with Gasteiger partial charge in [-0.05, 0) is 56.4 Å². The van der Waals surface area contributed by atoms with Crippen molar-refractivity contribution in [2.24, 2.45) is 4.99 Å². The second-order valence-electron chi connectivity index (χ2n) is 7.92. The lowest BCUT2D eigenvalue weighted by atomic mass is 10.1. The minimum Gasteiger partial charge on any atom is -0.356 e. The van der Waals surface area contributed by atoms with E-state index in [-0.39, 0.29) is 6.03 Å². The summed E-state index contributed by atoms with van der Waals surface area (Å²) >= 11 is 0. The monoisotopic (exact) mass is 407 g/mol. The van der Waals surface area contributed by atoms with Gasteiger partial charge < -0.3 is 20.9 Å². The molecule has 6 nitrogen and oxygen atoms in total. The molecule has 1 fully saturated rings. The number of urea groups is 1. The van der Waals surface area contributed by atoms with E-state index in [0.717, 1.165) is 56.1 Å². The van der Waals surface area contributed by atoms with Gasteiger partial charge in [-0.15, -0.1) is 0 Å². The number of hydrogen-bond donors (Lipinski definition) is 3. The fourth-order valence-electron chi connectivity index (χ4n) is 3.83. The molecule has 160 valence electrons. The van der Waals surface area contributed by atoms with Gasteiger partial charge in [-0.2, -0.15) is 0 Å². The van der Waals surface area contributed by atoms with Gasteiger partial charge in [-0.25, -0.2) is 4.79 Å². The number of benzene rings is 2. The number of anilines is 1. The minimum absolute atomic E-state index is 0.0125. The Labute approximate surface area is 179 Å². The molecule has 0 aliphatic carbocycles. The highest BCUT2D eigenvalue weighted by Crippen LogP contribution is 2.14. The number of carbonyl (C=O) groups is 1. The van der Waals surface area contributed by atoms with Gasteiger partial charge in [-0.1, -0.05) is 41.5 Å². The maximum absolute atomic E-state index is 12.3. The lowest BCUT2D eigenvalue weighted by molar-refractivity contribution is 0.222. The number of aryl methyl sites for hydroxylation is 2. The van der Waals surface area contributed by atoms with Gasteiger partial charge in [-0.3, -0.25) is 4.99 Å². The summed E-state index contributed by atoms with van der Waals surface area (Å²) < 4.78 is 0. The average Bonchev–Trinajstić information content (AvgIpc) is 3.25. The van der Waals surface area contributed by atoms with Crippen LogP contribution in [0.1, 0.15) is 35.1 Å². The first-order valence-electron chi connectivity index (χ1n) is 10.7. The van der Waals surface area contributed by atoms with Gasteiger partial charge >= 0.3 is 6.03 Å². The second kappa shape index (κ2) is 10.7. The molecule has 0 saturated carbocycles. The summed E-state index contributed by atoms with van der Waals surface area (Å²) in [5, 5.41) is 9.72. The summed E-state index contributed by atoms with van der Waals surface area (Å²) in [6.45, 7) is 7.40. The van der Waals surface area contributed by atoms with Crippen molar-refractivity contribution in [3.8, 4) is 0 Å². The maximum atomic E-state index is 12.3. The molecule has 6 heteroatoms. The van der Waals surface area contributed by atoms with Crippen molar-refractivity contribution in [3.05, 3.63) is 64.7 Å². The van der Waals surface area contributed by atoms with Gasteiger partial charge in [0.15, 0.2) is 5.96 Å². The number of nitrogens with zero attached hydrogens (tertiary/aromatic N) is 2. The molecule has 1 aliphatic rings. The van der Waals surface area contributed by atoms with Crippen LogP contribution in [0.5, 0.6) is 0 Å². The van der Waals surface area contributed by atoms with Gasteiger partial charge in [0.25, 0.3) is 0 Å². The Morgan fingerprint density at radius 1 is 1.00 bits per heavy atom. The molecule has 2 aromatic carbocycles. The van der Waals surface area contributed by atoms with E-state index < -0.39 is 0 Å². The molecule has 0 aromatic heterocycles. The molecule has 0 radical (unpaired) electrons. The molecular formula is C24H33N5O. The van der Waals surface area contributed by atoms with Crippen LogP contribution >= 0.6 is 0 Å². The van der Waals surface area contributed by atoms with Crippen molar-refractivity contribution in [1.29, 1.82) is 0 Å². The van der Waals surface area contributed by atoms with Gasteiger partial charge in [0.2, 0.25) is 0 Å². The SMILES string of the molecule is CN=C(NCCc1cc(C)cc(C)c1)NCc1cccc(NC(=O)N2CCCC2)c1. The Kier molecular flexibility index (Phi) is 7.71. The van der Waals surface area contributed by atoms with Crippen LogP contribution in [0.25, 0.3) is 0 Å². The highest BCUT2D eigenvalue weighted by Gasteiger charge is 2.17. The zero-order valence-electron chi connectivity index (χ0n) is 18.3. The van der Waals surface area contributed by atoms with E-state index in [0.29, 0.717) is 6.54 Å². The van der Waals surface area contributed by atoms with Crippen molar-refractivity contribution in [1.82, 2.24) is 15.5 Å². The fraction of sp³-hybridized carbons (Fsp3) is 0.417. The Morgan fingerprint density at radius 3 is 2.43 bits per heavy atom. The van der Waals surface area contributed by atoms with Crippen molar-refractivity contribution < 1.29 is 4.79 Å². The minimum atomic E-state index is -0.0125. The topological polar surface area (TPSA) is 68.8 Å². The van der Waals surface area contributed by atoms with E-state index in [1.54, 1.807) is 7.05 Å². The van der Waals surface area contributed by atoms with E-state index in [9.17, 15) is 4.79 Å². The smallest absolute Gasteiger partial charge is 0.321 e. The molecule has 0 unspecified atom stereocenters. The average molecular weight is 408 g/mol. The number of hydrogen-bond acceptors (Lipinski definition) is 2. The van der Waals surface area contributed by atoms with Crippen LogP contribution in [0, 0.1) is 13.8 Å². The van der Waals surface area contributed by atoms with Gasteiger partial charge in [0.05, 0.1) is 0 Å². The van der Waals surface area contributed by atoms with E-state index in [1.807, 2.05) is 29.2 Å². The van der Waals surface area contributed by atoms with Crippen LogP contribution < -0.4 is 16.0 Å². The number of guanidine groups is 1. The third-order valence-electron chi connectivity index (χ3n) is 5.24. The summed E-state index contributed by atoms with van der Waals surface area (Å²) in [4.78, 5) is 18.5. The molecule has 2 aromatic rings. The predicted molar refractivity (Wildman–Crippen MR) is 124 cm³/mol. The summed E-state index contributed by atoms with van der Waals surface area (Å²) in [5.41, 5.74) is 5.83. The van der Waals surface area contributed by atoms with Crippen molar-refractivity contribution in [2.45, 2.75) is 39.7 Å². The van der Waals surface area contributed by atoms with E-state index in [4.69, 9.17) is 0 Å². The third-order valence-corrected chi connectivity index (χ3v) is 5.24. The van der Waals surface area contributed by atoms with E-state index in [2.05, 4.69) is 53.0 Å². The Balaban J connectivity index is 1.46. The summed E-state index contributed by atoms with van der Waals surface area (Å²) in [7, 11) is 1.78. The van der Waals surface area contributed by atoms with Crippen LogP contribution in [0.2, 0.25) is 0 Å². The zero-order valence-corrected chi connectivity index (χ0v) is 18.3. The van der Waals surface area contributed by atoms with E-state index >= 15 is 0 Å². The summed E-state index contributed by atoms with van der Waals surface area (Å²) in [6.07, 6.45) is 3.13. The van der Waals surface area contributed by atoms with Crippen molar-refractivity contribution in [3.63, 3.8) is 0 Å². The molecule has 1 saturated heterocycles. The molecular weight excluding hydrogens is 374 g/mol. The first kappa shape index (κ1) is 21.7. The maximum Gasteiger partial charge on any atom is 0.321 e. The Morgan fingerprint density at radius 2 is 1.73 bits per heavy atom. The largest absolute Gasteiger partial charge is 0.356 e. The number of rotatable bonds is 6. The normalized spacial score (nSPS) is 14.0. The Hall–Kier alpha value is -3.02. The molecule has 1 heterocycles. The number of carbonyl (C=O) groups excluding carboxylic acids is 1. The van der Waals surface area contributed by atoms with Crippen LogP contribution in [-0.2, 0) is 13.0 Å². The lowest BCUT2D eigenvalue weighted by Crippen LogP contribution is -2.37. The lowest BCUT2D eigenvalue weighted by Gasteiger charge is -2.17. The van der Waals surface area contributed by atoms with Crippen LogP contribution in [0.4, 0.5) is 10.5 Å². The van der Waals surface area contributed by atoms with Crippen molar-refractivity contribution in [2.75, 3.05) is 32.0 Å². The van der Waals surface area contributed by atoms with Crippen LogP contribution in [-0.4, -0.2) is 43.6 Å². The molecule has 0 atom stereocenters. The number of likely N-dealkylation sites (tertiary alicyclic amines) is 1. The standard InChI is InChI=1S/C24H33N5O/c1-18-13-19(2)15-20(14-18)9-10-26-23(25-3)27-17-21-7-6-8-22(16-21)28-24(30)29-11-4-5-12-29/h6-8,13-16H,4-5,9-12,17H2,1-3H3,(H,28,30)(H2,25,26,27). The summed E-state index contributed by atoms with van der Waals surface area (Å²) in [5.74, 6) is 0.769. The highest BCUT2D eigenvalue weighted by atomic mass is 16.2. The molecule has 2 amide bonds. The number of amides is 2. The molecule has 0 spiro atoms. The van der Waals surface area contributed by atoms with Gasteiger partial charge in [0, 0.05) is 38.9 Å². The van der Waals surface area contributed by atoms with E-state index in [1.165, 1.54) is 16.7 Å². The third kappa shape index (κ3) is 6.51. The van der Waals surface area contributed by atoms with Crippen molar-refractivity contribution >= 4 is 17.7 Å². The number of nitrogens with one attached hydrogen (secondary N) is 3. The van der Waals surface area contributed by atoms with Crippen LogP contribution in [0.3, 0.4) is 0 Å². The first-order valence-corrected chi connectivity index (χ1v) is 10.7. The van der Waals surface area contributed by atoms with Crippen LogP contribution in [0.15, 0.2) is 47.5 Å². The summed E-state index contributed by atoms with van der Waals surface area (Å²) in [6, 6.07) is 14.6. The quantitative estimate of drug-likeness (QED) is 0.503. The molecule has 3 rings (SSSR count). The number of aliphatic imine (C=N–C) groups is 1. The van der Waals surface area contributed by atoms with Gasteiger partial charge in [0.1, 0.15) is 0 Å². The Bertz CT molecular complexity index is 867. The highest BCUT2D eigenvalue weighted by molar-refractivity contribution is 5.89. The fourth-order valence-corrected chi connectivity index (χ4v) is 3.83. The molecule has 3 N–H and O–H groups in total. The first-order chi connectivity index (χ1) is 14.5. The second-order valence-corrected chi connectivity index (χ2v) is 7.92.